The van der Waals surface area contributed by atoms with Crippen LogP contribution in [0.1, 0.15) is 18.1 Å². The van der Waals surface area contributed by atoms with Crippen LogP contribution in [0.3, 0.4) is 0 Å². The van der Waals surface area contributed by atoms with Crippen LogP contribution in [0, 0.1) is 13.8 Å². The van der Waals surface area contributed by atoms with Crippen molar-refractivity contribution in [3.8, 4) is 5.75 Å². The van der Waals surface area contributed by atoms with E-state index in [2.05, 4.69) is 4.72 Å². The third kappa shape index (κ3) is 2.86. The predicted octanol–water partition coefficient (Wildman–Crippen LogP) is 1.77. The van der Waals surface area contributed by atoms with Gasteiger partial charge in [-0.25, -0.2) is 8.42 Å². The highest BCUT2D eigenvalue weighted by molar-refractivity contribution is 7.92. The summed E-state index contributed by atoms with van der Waals surface area (Å²) >= 11 is 0. The summed E-state index contributed by atoms with van der Waals surface area (Å²) in [5.41, 5.74) is 1.80. The van der Waals surface area contributed by atoms with E-state index in [0.29, 0.717) is 5.56 Å². The number of sulfonamides is 1. The molecule has 1 aromatic rings. The molecule has 2 N–H and O–H groups in total. The van der Waals surface area contributed by atoms with Crippen LogP contribution < -0.4 is 4.72 Å². The van der Waals surface area contributed by atoms with Crippen LogP contribution >= 0.6 is 0 Å². The van der Waals surface area contributed by atoms with Crippen LogP contribution in [0.5, 0.6) is 5.75 Å². The van der Waals surface area contributed by atoms with Gasteiger partial charge in [0, 0.05) is 0 Å². The number of phenols is 1. The Bertz CT molecular complexity index is 466. The number of hydrogen-bond acceptors (Lipinski definition) is 3. The maximum absolute atomic E-state index is 11.3. The minimum atomic E-state index is -3.34. The van der Waals surface area contributed by atoms with Crippen molar-refractivity contribution < 1.29 is 13.5 Å². The van der Waals surface area contributed by atoms with E-state index in [1.54, 1.807) is 26.0 Å². The normalized spacial score (nSPS) is 11.4. The van der Waals surface area contributed by atoms with Crippen molar-refractivity contribution in [1.82, 2.24) is 0 Å². The topological polar surface area (TPSA) is 66.4 Å². The molecule has 0 aliphatic carbocycles. The third-order valence-corrected chi connectivity index (χ3v) is 3.38. The zero-order valence-corrected chi connectivity index (χ0v) is 9.85. The lowest BCUT2D eigenvalue weighted by Crippen LogP contribution is -2.14. The van der Waals surface area contributed by atoms with Gasteiger partial charge in [-0.05, 0) is 38.0 Å². The summed E-state index contributed by atoms with van der Waals surface area (Å²) in [4.78, 5) is 0. The molecule has 0 heterocycles. The maximum atomic E-state index is 11.3. The molecule has 0 bridgehead atoms. The molecule has 0 radical (unpaired) electrons. The minimum Gasteiger partial charge on any atom is -0.505 e. The van der Waals surface area contributed by atoms with Gasteiger partial charge in [0.1, 0.15) is 5.75 Å². The molecule has 0 saturated heterocycles. The third-order valence-electron chi connectivity index (χ3n) is 2.09. The molecule has 4 nitrogen and oxygen atoms in total. The van der Waals surface area contributed by atoms with Crippen LogP contribution in [-0.4, -0.2) is 19.3 Å². The summed E-state index contributed by atoms with van der Waals surface area (Å²) in [5, 5.41) is 9.65. The van der Waals surface area contributed by atoms with E-state index in [0.717, 1.165) is 5.56 Å². The van der Waals surface area contributed by atoms with Gasteiger partial charge in [-0.2, -0.15) is 0 Å². The standard InChI is InChI=1S/C10H15NO3S/c1-4-15(13,14)11-9-6-7(2)5-8(3)10(9)12/h5-6,11-12H,4H2,1-3H3. The Morgan fingerprint density at radius 2 is 1.93 bits per heavy atom. The predicted molar refractivity (Wildman–Crippen MR) is 60.7 cm³/mol. The molecule has 1 aromatic carbocycles. The summed E-state index contributed by atoms with van der Waals surface area (Å²) in [6.07, 6.45) is 0. The second-order valence-corrected chi connectivity index (χ2v) is 5.49. The first-order valence-corrected chi connectivity index (χ1v) is 6.31. The molecule has 5 heteroatoms. The smallest absolute Gasteiger partial charge is 0.232 e. The largest absolute Gasteiger partial charge is 0.505 e. The Morgan fingerprint density at radius 1 is 1.33 bits per heavy atom. The van der Waals surface area contributed by atoms with Crippen molar-refractivity contribution >= 4 is 15.7 Å². The summed E-state index contributed by atoms with van der Waals surface area (Å²) in [6, 6.07) is 3.40. The zero-order valence-electron chi connectivity index (χ0n) is 9.03. The number of hydrogen-bond donors (Lipinski definition) is 2. The molecule has 0 atom stereocenters. The van der Waals surface area contributed by atoms with Crippen LogP contribution in [-0.2, 0) is 10.0 Å². The highest BCUT2D eigenvalue weighted by atomic mass is 32.2. The van der Waals surface area contributed by atoms with E-state index in [-0.39, 0.29) is 17.2 Å². The Balaban J connectivity index is 3.16. The van der Waals surface area contributed by atoms with E-state index >= 15 is 0 Å². The zero-order chi connectivity index (χ0) is 11.6. The Morgan fingerprint density at radius 3 is 2.47 bits per heavy atom. The van der Waals surface area contributed by atoms with E-state index in [1.165, 1.54) is 0 Å². The molecule has 0 amide bonds. The van der Waals surface area contributed by atoms with Gasteiger partial charge in [-0.3, -0.25) is 4.72 Å². The van der Waals surface area contributed by atoms with E-state index < -0.39 is 10.0 Å². The van der Waals surface area contributed by atoms with Crippen molar-refractivity contribution in [2.45, 2.75) is 20.8 Å². The Hall–Kier alpha value is -1.23. The van der Waals surface area contributed by atoms with E-state index in [4.69, 9.17) is 0 Å². The van der Waals surface area contributed by atoms with Gasteiger partial charge < -0.3 is 5.11 Å². The van der Waals surface area contributed by atoms with Gasteiger partial charge in [0.25, 0.3) is 0 Å². The molecule has 0 fully saturated rings. The van der Waals surface area contributed by atoms with Crippen molar-refractivity contribution in [2.75, 3.05) is 10.5 Å². The van der Waals surface area contributed by atoms with E-state index in [9.17, 15) is 13.5 Å². The number of anilines is 1. The molecule has 15 heavy (non-hydrogen) atoms. The second-order valence-electron chi connectivity index (χ2n) is 3.48. The molecule has 0 aromatic heterocycles. The fraction of sp³-hybridized carbons (Fsp3) is 0.400. The highest BCUT2D eigenvalue weighted by Gasteiger charge is 2.11. The number of rotatable bonds is 3. The van der Waals surface area contributed by atoms with Crippen LogP contribution in [0.2, 0.25) is 0 Å². The summed E-state index contributed by atoms with van der Waals surface area (Å²) in [6.45, 7) is 5.12. The van der Waals surface area contributed by atoms with Crippen molar-refractivity contribution in [2.24, 2.45) is 0 Å². The molecule has 84 valence electrons. The first kappa shape index (κ1) is 11.8. The summed E-state index contributed by atoms with van der Waals surface area (Å²) < 4.78 is 25.0. The molecule has 1 rings (SSSR count). The molecule has 0 saturated carbocycles. The van der Waals surface area contributed by atoms with Crippen LogP contribution in [0.25, 0.3) is 0 Å². The number of phenolic OH excluding ortho intramolecular Hbond substituents is 1. The van der Waals surface area contributed by atoms with Crippen LogP contribution in [0.15, 0.2) is 12.1 Å². The summed E-state index contributed by atoms with van der Waals surface area (Å²) in [5.74, 6) is -0.0305. The van der Waals surface area contributed by atoms with Gasteiger partial charge in [0.15, 0.2) is 0 Å². The quantitative estimate of drug-likeness (QED) is 0.776. The molecular weight excluding hydrogens is 214 g/mol. The molecular formula is C10H15NO3S. The number of aromatic hydroxyl groups is 1. The lowest BCUT2D eigenvalue weighted by molar-refractivity contribution is 0.473. The van der Waals surface area contributed by atoms with Crippen LogP contribution in [0.4, 0.5) is 5.69 Å². The Kier molecular flexibility index (Phi) is 3.24. The van der Waals surface area contributed by atoms with Gasteiger partial charge in [0.2, 0.25) is 10.0 Å². The molecule has 0 aliphatic rings. The fourth-order valence-corrected chi connectivity index (χ4v) is 1.91. The second kappa shape index (κ2) is 4.10. The maximum Gasteiger partial charge on any atom is 0.232 e. The molecule has 0 unspecified atom stereocenters. The fourth-order valence-electron chi connectivity index (χ4n) is 1.28. The van der Waals surface area contributed by atoms with Gasteiger partial charge in [-0.15, -0.1) is 0 Å². The lowest BCUT2D eigenvalue weighted by atomic mass is 10.1. The average Bonchev–Trinajstić information content (AvgIpc) is 2.13. The molecule has 0 spiro atoms. The minimum absolute atomic E-state index is 0.0145. The van der Waals surface area contributed by atoms with E-state index in [1.807, 2.05) is 6.92 Å². The monoisotopic (exact) mass is 229 g/mol. The van der Waals surface area contributed by atoms with Crippen molar-refractivity contribution in [1.29, 1.82) is 0 Å². The number of nitrogens with one attached hydrogen (secondary N) is 1. The molecule has 0 aliphatic heterocycles. The van der Waals surface area contributed by atoms with Crippen molar-refractivity contribution in [3.05, 3.63) is 23.3 Å². The summed E-state index contributed by atoms with van der Waals surface area (Å²) in [7, 11) is -3.34. The number of aryl methyl sites for hydroxylation is 2. The first-order chi connectivity index (χ1) is 6.85. The SMILES string of the molecule is CCS(=O)(=O)Nc1cc(C)cc(C)c1O. The highest BCUT2D eigenvalue weighted by Crippen LogP contribution is 2.29. The van der Waals surface area contributed by atoms with Gasteiger partial charge in [0.05, 0.1) is 11.4 Å². The van der Waals surface area contributed by atoms with Gasteiger partial charge >= 0.3 is 0 Å². The van der Waals surface area contributed by atoms with Crippen molar-refractivity contribution in [3.63, 3.8) is 0 Å². The lowest BCUT2D eigenvalue weighted by Gasteiger charge is -2.10. The Labute approximate surface area is 90.0 Å². The average molecular weight is 229 g/mol. The first-order valence-electron chi connectivity index (χ1n) is 4.66. The number of benzene rings is 1. The van der Waals surface area contributed by atoms with Gasteiger partial charge in [-0.1, -0.05) is 6.07 Å².